The summed E-state index contributed by atoms with van der Waals surface area (Å²) in [5.74, 6) is -1.91. The van der Waals surface area contributed by atoms with Gasteiger partial charge in [0.15, 0.2) is 0 Å². The van der Waals surface area contributed by atoms with E-state index < -0.39 is 29.1 Å². The molecular formula is C6H8N2O5. The summed E-state index contributed by atoms with van der Waals surface area (Å²) >= 11 is 0. The Balaban J connectivity index is 2.70. The molecule has 0 aromatic carbocycles. The molecule has 1 aliphatic heterocycles. The number of hydrogen-bond acceptors (Lipinski definition) is 4. The SMILES string of the molecule is O=C([O-])C[N+]1(NC(=O)O)CCC1=O. The van der Waals surface area contributed by atoms with Gasteiger partial charge in [-0.1, -0.05) is 0 Å². The molecule has 1 fully saturated rings. The number of amides is 2. The molecule has 0 saturated carbocycles. The lowest BCUT2D eigenvalue weighted by molar-refractivity contribution is -0.908. The minimum atomic E-state index is -1.46. The first-order chi connectivity index (χ1) is 5.96. The Morgan fingerprint density at radius 3 is 2.46 bits per heavy atom. The first kappa shape index (κ1) is 9.46. The highest BCUT2D eigenvalue weighted by Crippen LogP contribution is 2.17. The van der Waals surface area contributed by atoms with Crippen molar-refractivity contribution in [3.05, 3.63) is 0 Å². The van der Waals surface area contributed by atoms with Gasteiger partial charge in [-0.2, -0.15) is 10.0 Å². The van der Waals surface area contributed by atoms with Crippen molar-refractivity contribution < 1.29 is 29.2 Å². The lowest BCUT2D eigenvalue weighted by Crippen LogP contribution is -2.73. The van der Waals surface area contributed by atoms with E-state index in [2.05, 4.69) is 0 Å². The maximum atomic E-state index is 11.0. The fourth-order valence-electron chi connectivity index (χ4n) is 1.20. The molecule has 13 heavy (non-hydrogen) atoms. The fraction of sp³-hybridized carbons (Fsp3) is 0.500. The van der Waals surface area contributed by atoms with Crippen molar-refractivity contribution in [3.63, 3.8) is 0 Å². The number of nitrogens with zero attached hydrogens (tertiary/aromatic N) is 1. The monoisotopic (exact) mass is 188 g/mol. The van der Waals surface area contributed by atoms with Crippen LogP contribution in [0.15, 0.2) is 0 Å². The van der Waals surface area contributed by atoms with E-state index in [0.717, 1.165) is 0 Å². The molecule has 0 radical (unpaired) electrons. The largest absolute Gasteiger partial charge is 0.544 e. The van der Waals surface area contributed by atoms with Gasteiger partial charge in [0.05, 0.1) is 5.97 Å². The van der Waals surface area contributed by atoms with Gasteiger partial charge in [0.25, 0.3) is 0 Å². The van der Waals surface area contributed by atoms with Crippen molar-refractivity contribution in [2.75, 3.05) is 13.1 Å². The van der Waals surface area contributed by atoms with Crippen LogP contribution in [-0.2, 0) is 9.59 Å². The molecule has 2 N–H and O–H groups in total. The molecule has 0 aromatic heterocycles. The standard InChI is InChI=1S/C6H8N2O5/c9-4-1-2-8(4,3-5(10)11)7-6(12)13/h7H,1-3H2,(H-,10,11,12,13). The van der Waals surface area contributed by atoms with E-state index in [1.54, 1.807) is 0 Å². The third kappa shape index (κ3) is 1.75. The van der Waals surface area contributed by atoms with Gasteiger partial charge in [-0.3, -0.25) is 0 Å². The number of carbonyl (C=O) groups is 3. The number of hydrogen-bond donors (Lipinski definition) is 2. The van der Waals surface area contributed by atoms with Crippen LogP contribution in [0.25, 0.3) is 0 Å². The molecule has 2 amide bonds. The van der Waals surface area contributed by atoms with Crippen molar-refractivity contribution in [2.24, 2.45) is 0 Å². The summed E-state index contributed by atoms with van der Waals surface area (Å²) in [6.07, 6.45) is -1.23. The van der Waals surface area contributed by atoms with Gasteiger partial charge in [-0.05, 0) is 0 Å². The van der Waals surface area contributed by atoms with Crippen LogP contribution in [0.1, 0.15) is 6.42 Å². The maximum absolute atomic E-state index is 11.0. The van der Waals surface area contributed by atoms with E-state index in [4.69, 9.17) is 5.11 Å². The molecule has 1 saturated heterocycles. The highest BCUT2D eigenvalue weighted by molar-refractivity contribution is 5.78. The summed E-state index contributed by atoms with van der Waals surface area (Å²) in [5.41, 5.74) is 1.86. The Morgan fingerprint density at radius 2 is 2.23 bits per heavy atom. The van der Waals surface area contributed by atoms with Gasteiger partial charge in [-0.15, -0.1) is 0 Å². The number of carbonyl (C=O) groups excluding carboxylic acids is 2. The molecule has 0 spiro atoms. The molecule has 0 aromatic rings. The Morgan fingerprint density at radius 1 is 1.62 bits per heavy atom. The first-order valence-corrected chi connectivity index (χ1v) is 3.58. The number of rotatable bonds is 3. The lowest BCUT2D eigenvalue weighted by atomic mass is 10.2. The van der Waals surface area contributed by atoms with Crippen LogP contribution < -0.4 is 10.5 Å². The third-order valence-electron chi connectivity index (χ3n) is 1.89. The quantitative estimate of drug-likeness (QED) is 0.381. The van der Waals surface area contributed by atoms with E-state index >= 15 is 0 Å². The topological polar surface area (TPSA) is 107 Å². The number of carboxylic acids is 1. The van der Waals surface area contributed by atoms with Crippen LogP contribution in [0.2, 0.25) is 0 Å². The Labute approximate surface area is 73.1 Å². The van der Waals surface area contributed by atoms with Crippen molar-refractivity contribution in [2.45, 2.75) is 6.42 Å². The molecule has 1 rings (SSSR count). The number of carboxylic acid groups (broad SMARTS) is 2. The predicted molar refractivity (Wildman–Crippen MR) is 35.8 cm³/mol. The molecule has 1 heterocycles. The number of quaternary nitrogens is 1. The maximum Gasteiger partial charge on any atom is 0.449 e. The van der Waals surface area contributed by atoms with Crippen LogP contribution >= 0.6 is 0 Å². The average Bonchev–Trinajstić information content (AvgIpc) is 1.99. The van der Waals surface area contributed by atoms with E-state index in [-0.39, 0.29) is 13.0 Å². The van der Waals surface area contributed by atoms with Crippen LogP contribution in [0.3, 0.4) is 0 Å². The molecule has 0 bridgehead atoms. The minimum Gasteiger partial charge on any atom is -0.544 e. The molecule has 0 aliphatic carbocycles. The Kier molecular flexibility index (Phi) is 2.20. The Hall–Kier alpha value is -1.63. The lowest BCUT2D eigenvalue weighted by Gasteiger charge is -2.39. The van der Waals surface area contributed by atoms with E-state index in [1.165, 1.54) is 0 Å². The molecule has 7 nitrogen and oxygen atoms in total. The van der Waals surface area contributed by atoms with Gasteiger partial charge in [0, 0.05) is 0 Å². The van der Waals surface area contributed by atoms with Crippen LogP contribution in [0.4, 0.5) is 4.79 Å². The highest BCUT2D eigenvalue weighted by atomic mass is 16.4. The smallest absolute Gasteiger partial charge is 0.449 e. The van der Waals surface area contributed by atoms with Gasteiger partial charge < -0.3 is 15.0 Å². The molecule has 1 unspecified atom stereocenters. The summed E-state index contributed by atoms with van der Waals surface area (Å²) in [4.78, 5) is 31.4. The van der Waals surface area contributed by atoms with Gasteiger partial charge in [-0.25, -0.2) is 9.59 Å². The zero-order chi connectivity index (χ0) is 10.1. The number of β-lactam (4-membered cyclic amide) rings is 1. The molecule has 1 atom stereocenters. The second-order valence-corrected chi connectivity index (χ2v) is 2.78. The summed E-state index contributed by atoms with van der Waals surface area (Å²) in [5, 5.41) is 18.6. The molecular weight excluding hydrogens is 180 g/mol. The minimum absolute atomic E-state index is 0.166. The zero-order valence-electron chi connectivity index (χ0n) is 6.65. The molecule has 72 valence electrons. The average molecular weight is 188 g/mol. The number of likely N-dealkylation sites (tertiary alicyclic amines) is 1. The summed E-state index contributed by atoms with van der Waals surface area (Å²) in [6.45, 7) is -0.482. The van der Waals surface area contributed by atoms with Crippen molar-refractivity contribution in [1.82, 2.24) is 5.43 Å². The normalized spacial score (nSPS) is 26.3. The molecule has 7 heteroatoms. The second-order valence-electron chi connectivity index (χ2n) is 2.78. The van der Waals surface area contributed by atoms with Crippen molar-refractivity contribution >= 4 is 18.0 Å². The second kappa shape index (κ2) is 3.02. The van der Waals surface area contributed by atoms with E-state index in [9.17, 15) is 19.5 Å². The van der Waals surface area contributed by atoms with Crippen molar-refractivity contribution in [3.8, 4) is 0 Å². The number of aliphatic carboxylic acids is 1. The zero-order valence-corrected chi connectivity index (χ0v) is 6.65. The van der Waals surface area contributed by atoms with Crippen molar-refractivity contribution in [1.29, 1.82) is 0 Å². The fourth-order valence-corrected chi connectivity index (χ4v) is 1.20. The van der Waals surface area contributed by atoms with Gasteiger partial charge >= 0.3 is 12.0 Å². The van der Waals surface area contributed by atoms with Gasteiger partial charge in [0.1, 0.15) is 19.5 Å². The van der Waals surface area contributed by atoms with Crippen LogP contribution in [0, 0.1) is 0 Å². The number of nitrogens with one attached hydrogen (secondary N) is 1. The first-order valence-electron chi connectivity index (χ1n) is 3.58. The third-order valence-corrected chi connectivity index (χ3v) is 1.89. The molecule has 1 aliphatic rings. The van der Waals surface area contributed by atoms with Crippen LogP contribution in [-0.4, -0.2) is 40.8 Å². The van der Waals surface area contributed by atoms with Crippen LogP contribution in [0.5, 0.6) is 0 Å². The summed E-state index contributed by atoms with van der Waals surface area (Å²) in [7, 11) is 0. The highest BCUT2D eigenvalue weighted by Gasteiger charge is 2.48. The summed E-state index contributed by atoms with van der Waals surface area (Å²) < 4.78 is -0.752. The summed E-state index contributed by atoms with van der Waals surface area (Å²) in [6, 6.07) is 0. The van der Waals surface area contributed by atoms with Gasteiger partial charge in [0.2, 0.25) is 0 Å². The Bertz CT molecular complexity index is 258. The van der Waals surface area contributed by atoms with E-state index in [1.807, 2.05) is 5.43 Å². The predicted octanol–water partition coefficient (Wildman–Crippen LogP) is -2.33. The van der Waals surface area contributed by atoms with E-state index in [0.29, 0.717) is 0 Å².